The van der Waals surface area contributed by atoms with Gasteiger partial charge in [0.05, 0.1) is 23.4 Å². The van der Waals surface area contributed by atoms with Gasteiger partial charge in [0.2, 0.25) is 0 Å². The molecule has 0 aliphatic carbocycles. The molecule has 6 nitrogen and oxygen atoms in total. The number of aryl methyl sites for hydroxylation is 1. The van der Waals surface area contributed by atoms with E-state index in [4.69, 9.17) is 4.74 Å². The summed E-state index contributed by atoms with van der Waals surface area (Å²) in [6.45, 7) is 3.02. The van der Waals surface area contributed by atoms with E-state index < -0.39 is 0 Å². The first-order chi connectivity index (χ1) is 13.0. The van der Waals surface area contributed by atoms with Crippen LogP contribution in [-0.4, -0.2) is 50.7 Å². The predicted octanol–water partition coefficient (Wildman–Crippen LogP) is 2.67. The Morgan fingerprint density at radius 3 is 2.52 bits per heavy atom. The highest BCUT2D eigenvalue weighted by Crippen LogP contribution is 2.43. The highest BCUT2D eigenvalue weighted by Gasteiger charge is 2.44. The number of benzene rings is 1. The lowest BCUT2D eigenvalue weighted by atomic mass is 9.81. The Morgan fingerprint density at radius 1 is 1.19 bits per heavy atom. The zero-order valence-corrected chi connectivity index (χ0v) is 15.5. The molecule has 2 saturated heterocycles. The summed E-state index contributed by atoms with van der Waals surface area (Å²) in [5.41, 5.74) is 1.26. The molecule has 2 fully saturated rings. The number of amides is 1. The Hall–Kier alpha value is -2.31. The van der Waals surface area contributed by atoms with Gasteiger partial charge in [0, 0.05) is 38.3 Å². The first-order valence-corrected chi connectivity index (χ1v) is 9.53. The monoisotopic (exact) mass is 367 g/mol. The smallest absolute Gasteiger partial charge is 0.256 e. The molecule has 0 radical (unpaired) electrons. The molecule has 2 atom stereocenters. The van der Waals surface area contributed by atoms with Crippen molar-refractivity contribution in [3.63, 3.8) is 0 Å². The maximum absolute atomic E-state index is 12.7. The number of aliphatic hydroxyl groups is 1. The number of aromatic nitrogens is 2. The van der Waals surface area contributed by atoms with Crippen molar-refractivity contribution in [2.45, 2.75) is 50.4 Å². The van der Waals surface area contributed by atoms with Crippen molar-refractivity contribution < 1.29 is 14.6 Å². The third-order valence-corrected chi connectivity index (χ3v) is 5.65. The summed E-state index contributed by atoms with van der Waals surface area (Å²) in [6.07, 6.45) is 5.40. The summed E-state index contributed by atoms with van der Waals surface area (Å²) < 4.78 is 6.50. The SMILES string of the molecule is Cc1ncc(C(=O)N2CCC3(CC2)C[C@H](O)C[C@H](c2ccccc2)O3)cn1. The van der Waals surface area contributed by atoms with Gasteiger partial charge in [-0.1, -0.05) is 30.3 Å². The van der Waals surface area contributed by atoms with E-state index in [0.717, 1.165) is 18.4 Å². The van der Waals surface area contributed by atoms with Crippen LogP contribution in [-0.2, 0) is 4.74 Å². The van der Waals surface area contributed by atoms with Gasteiger partial charge in [-0.3, -0.25) is 4.79 Å². The van der Waals surface area contributed by atoms with Crippen molar-refractivity contribution in [3.05, 3.63) is 59.7 Å². The van der Waals surface area contributed by atoms with Gasteiger partial charge in [0.1, 0.15) is 5.82 Å². The summed E-state index contributed by atoms with van der Waals surface area (Å²) in [6, 6.07) is 10.1. The first kappa shape index (κ1) is 18.1. The maximum atomic E-state index is 12.7. The third kappa shape index (κ3) is 3.87. The lowest BCUT2D eigenvalue weighted by Gasteiger charge is -2.48. The standard InChI is InChI=1S/C21H25N3O3/c1-15-22-13-17(14-23-15)20(26)24-9-7-21(8-10-24)12-18(25)11-19(27-21)16-5-3-2-4-6-16/h2-6,13-14,18-19,25H,7-12H2,1H3/t18-,19-/m1/s1. The molecular weight excluding hydrogens is 342 g/mol. The average Bonchev–Trinajstić information content (AvgIpc) is 2.69. The molecule has 142 valence electrons. The molecule has 0 unspecified atom stereocenters. The maximum Gasteiger partial charge on any atom is 0.256 e. The van der Waals surface area contributed by atoms with E-state index in [9.17, 15) is 9.90 Å². The summed E-state index contributed by atoms with van der Waals surface area (Å²) in [4.78, 5) is 22.8. The van der Waals surface area contributed by atoms with Crippen molar-refractivity contribution in [1.29, 1.82) is 0 Å². The van der Waals surface area contributed by atoms with Crippen LogP contribution in [0.4, 0.5) is 0 Å². The topological polar surface area (TPSA) is 75.6 Å². The summed E-state index contributed by atoms with van der Waals surface area (Å²) in [5, 5.41) is 10.5. The zero-order chi connectivity index (χ0) is 18.9. The Morgan fingerprint density at radius 2 is 1.85 bits per heavy atom. The molecular formula is C21H25N3O3. The first-order valence-electron chi connectivity index (χ1n) is 9.53. The van der Waals surface area contributed by atoms with Gasteiger partial charge in [-0.25, -0.2) is 9.97 Å². The molecule has 2 aliphatic rings. The number of carbonyl (C=O) groups excluding carboxylic acids is 1. The van der Waals surface area contributed by atoms with Crippen LogP contribution in [0.1, 0.15) is 53.5 Å². The summed E-state index contributed by atoms with van der Waals surface area (Å²) in [5.74, 6) is 0.613. The third-order valence-electron chi connectivity index (χ3n) is 5.65. The largest absolute Gasteiger partial charge is 0.393 e. The van der Waals surface area contributed by atoms with E-state index in [0.29, 0.717) is 37.3 Å². The van der Waals surface area contributed by atoms with Gasteiger partial charge in [-0.15, -0.1) is 0 Å². The fourth-order valence-corrected chi connectivity index (χ4v) is 4.15. The van der Waals surface area contributed by atoms with Gasteiger partial charge in [0.15, 0.2) is 0 Å². The molecule has 3 heterocycles. The van der Waals surface area contributed by atoms with Crippen LogP contribution in [0.2, 0.25) is 0 Å². The molecule has 1 aromatic carbocycles. The van der Waals surface area contributed by atoms with Gasteiger partial charge in [-0.2, -0.15) is 0 Å². The second kappa shape index (κ2) is 7.37. The molecule has 0 bridgehead atoms. The molecule has 1 N–H and O–H groups in total. The molecule has 4 rings (SSSR count). The van der Waals surface area contributed by atoms with Crippen LogP contribution < -0.4 is 0 Å². The van der Waals surface area contributed by atoms with E-state index in [2.05, 4.69) is 9.97 Å². The minimum Gasteiger partial charge on any atom is -0.393 e. The van der Waals surface area contributed by atoms with Crippen LogP contribution in [0.5, 0.6) is 0 Å². The van der Waals surface area contributed by atoms with E-state index in [1.807, 2.05) is 35.2 Å². The lowest BCUT2D eigenvalue weighted by Crippen LogP contribution is -2.52. The normalized spacial score (nSPS) is 24.7. The summed E-state index contributed by atoms with van der Waals surface area (Å²) in [7, 11) is 0. The van der Waals surface area contributed by atoms with Gasteiger partial charge in [-0.05, 0) is 25.3 Å². The van der Waals surface area contributed by atoms with Crippen molar-refractivity contribution in [2.75, 3.05) is 13.1 Å². The van der Waals surface area contributed by atoms with Gasteiger partial charge < -0.3 is 14.7 Å². The minimum absolute atomic E-state index is 0.0409. The molecule has 27 heavy (non-hydrogen) atoms. The number of nitrogens with zero attached hydrogens (tertiary/aromatic N) is 3. The summed E-state index contributed by atoms with van der Waals surface area (Å²) >= 11 is 0. The Kier molecular flexibility index (Phi) is 4.93. The van der Waals surface area contributed by atoms with Crippen molar-refractivity contribution >= 4 is 5.91 Å². The lowest BCUT2D eigenvalue weighted by molar-refractivity contribution is -0.181. The second-order valence-corrected chi connectivity index (χ2v) is 7.60. The molecule has 1 amide bonds. The number of hydrogen-bond donors (Lipinski definition) is 1. The molecule has 6 heteroatoms. The van der Waals surface area contributed by atoms with E-state index >= 15 is 0 Å². The zero-order valence-electron chi connectivity index (χ0n) is 15.5. The molecule has 1 aromatic heterocycles. The molecule has 1 spiro atoms. The number of rotatable bonds is 2. The Labute approximate surface area is 159 Å². The Balaban J connectivity index is 1.44. The highest BCUT2D eigenvalue weighted by atomic mass is 16.5. The van der Waals surface area contributed by atoms with Crippen molar-refractivity contribution in [1.82, 2.24) is 14.9 Å². The van der Waals surface area contributed by atoms with E-state index in [1.54, 1.807) is 19.3 Å². The number of hydrogen-bond acceptors (Lipinski definition) is 5. The number of likely N-dealkylation sites (tertiary alicyclic amines) is 1. The minimum atomic E-state index is -0.378. The van der Waals surface area contributed by atoms with Gasteiger partial charge in [0.25, 0.3) is 5.91 Å². The van der Waals surface area contributed by atoms with Crippen LogP contribution >= 0.6 is 0 Å². The van der Waals surface area contributed by atoms with Crippen LogP contribution in [0.3, 0.4) is 0 Å². The highest BCUT2D eigenvalue weighted by molar-refractivity contribution is 5.93. The number of ether oxygens (including phenoxy) is 1. The van der Waals surface area contributed by atoms with Crippen LogP contribution in [0.25, 0.3) is 0 Å². The fraction of sp³-hybridized carbons (Fsp3) is 0.476. The fourth-order valence-electron chi connectivity index (χ4n) is 4.15. The predicted molar refractivity (Wildman–Crippen MR) is 100 cm³/mol. The van der Waals surface area contributed by atoms with Crippen LogP contribution in [0.15, 0.2) is 42.7 Å². The quantitative estimate of drug-likeness (QED) is 0.883. The molecule has 2 aromatic rings. The molecule has 2 aliphatic heterocycles. The second-order valence-electron chi connectivity index (χ2n) is 7.60. The van der Waals surface area contributed by atoms with Crippen LogP contribution in [0, 0.1) is 6.92 Å². The van der Waals surface area contributed by atoms with E-state index in [-0.39, 0.29) is 23.7 Å². The Bertz CT molecular complexity index is 786. The molecule has 0 saturated carbocycles. The average molecular weight is 367 g/mol. The number of carbonyl (C=O) groups is 1. The van der Waals surface area contributed by atoms with E-state index in [1.165, 1.54) is 0 Å². The van der Waals surface area contributed by atoms with Gasteiger partial charge >= 0.3 is 0 Å². The number of piperidine rings is 1. The van der Waals surface area contributed by atoms with Crippen molar-refractivity contribution in [2.24, 2.45) is 0 Å². The number of aliphatic hydroxyl groups excluding tert-OH is 1. The van der Waals surface area contributed by atoms with Crippen molar-refractivity contribution in [3.8, 4) is 0 Å².